The number of hydrogen-bond donors (Lipinski definition) is 2. The third-order valence-corrected chi connectivity index (χ3v) is 15.1. The van der Waals surface area contributed by atoms with E-state index in [9.17, 15) is 24.3 Å². The second-order valence-electron chi connectivity index (χ2n) is 16.9. The van der Waals surface area contributed by atoms with E-state index in [0.717, 1.165) is 11.1 Å². The third-order valence-electron chi connectivity index (χ3n) is 10.6. The number of carbonyl (C=O) groups excluding carboxylic acids is 3. The maximum atomic E-state index is 13.9. The predicted octanol–water partition coefficient (Wildman–Crippen LogP) is 7.04. The van der Waals surface area contributed by atoms with E-state index in [2.05, 4.69) is 38.8 Å². The molecule has 5 rings (SSSR count). The number of carbonyl (C=O) groups is 3. The van der Waals surface area contributed by atoms with E-state index in [1.54, 1.807) is 28.0 Å². The topological polar surface area (TPSA) is 142 Å². The molecular formula is C40H56N4O8Si. The Hall–Kier alpha value is -4.36. The molecule has 53 heavy (non-hydrogen) atoms. The van der Waals surface area contributed by atoms with Gasteiger partial charge in [0.2, 0.25) is 11.5 Å². The molecule has 2 aliphatic heterocycles. The van der Waals surface area contributed by atoms with E-state index in [0.29, 0.717) is 56.5 Å². The number of nitrogens with one attached hydrogen (secondary N) is 1. The van der Waals surface area contributed by atoms with Gasteiger partial charge in [-0.1, -0.05) is 57.2 Å². The molecule has 2 aliphatic rings. The first-order valence-corrected chi connectivity index (χ1v) is 21.5. The zero-order chi connectivity index (χ0) is 38.7. The van der Waals surface area contributed by atoms with Gasteiger partial charge in [-0.25, -0.2) is 9.59 Å². The molecule has 3 amide bonds. The second-order valence-corrected chi connectivity index (χ2v) is 21.7. The molecule has 1 unspecified atom stereocenters. The maximum Gasteiger partial charge on any atom is 0.410 e. The molecule has 2 N–H and O–H groups in total. The molecular weight excluding hydrogens is 693 g/mol. The Bertz CT molecular complexity index is 1820. The first-order chi connectivity index (χ1) is 24.8. The van der Waals surface area contributed by atoms with E-state index >= 15 is 0 Å². The fourth-order valence-corrected chi connectivity index (χ4v) is 7.79. The van der Waals surface area contributed by atoms with Crippen molar-refractivity contribution in [1.29, 1.82) is 0 Å². The first kappa shape index (κ1) is 39.8. The first-order valence-electron chi connectivity index (χ1n) is 18.6. The van der Waals surface area contributed by atoms with Crippen molar-refractivity contribution >= 4 is 37.3 Å². The lowest BCUT2D eigenvalue weighted by Gasteiger charge is -2.43. The lowest BCUT2D eigenvalue weighted by Crippen LogP contribution is -2.57. The number of aromatic nitrogens is 1. The van der Waals surface area contributed by atoms with Crippen LogP contribution in [0.15, 0.2) is 59.4 Å². The van der Waals surface area contributed by atoms with Crippen LogP contribution in [0.1, 0.15) is 71.6 Å². The number of aromatic hydroxyl groups is 1. The number of amides is 3. The summed E-state index contributed by atoms with van der Waals surface area (Å²) < 4.78 is 18.4. The van der Waals surface area contributed by atoms with Crippen molar-refractivity contribution in [3.05, 3.63) is 76.1 Å². The number of H-pyrrole nitrogens is 1. The number of aromatic amines is 1. The van der Waals surface area contributed by atoms with Gasteiger partial charge in [0.1, 0.15) is 18.0 Å². The number of phenols is 1. The number of hydrogen-bond acceptors (Lipinski definition) is 8. The summed E-state index contributed by atoms with van der Waals surface area (Å²) in [6.07, 6.45) is -0.0385. The number of pyridine rings is 1. The number of nitrogens with zero attached hydrogens (tertiary/aromatic N) is 3. The normalized spacial score (nSPS) is 16.6. The van der Waals surface area contributed by atoms with E-state index < -0.39 is 32.2 Å². The van der Waals surface area contributed by atoms with Gasteiger partial charge in [0.05, 0.1) is 24.1 Å². The average Bonchev–Trinajstić information content (AvgIpc) is 3.06. The van der Waals surface area contributed by atoms with Crippen LogP contribution >= 0.6 is 0 Å². The number of rotatable bonds is 10. The zero-order valence-electron chi connectivity index (χ0n) is 32.4. The molecule has 12 nitrogen and oxygen atoms in total. The zero-order valence-corrected chi connectivity index (χ0v) is 33.4. The molecule has 0 radical (unpaired) electrons. The molecule has 0 saturated carbocycles. The minimum absolute atomic E-state index is 0.0413. The fourth-order valence-electron chi connectivity index (χ4n) is 6.52. The van der Waals surface area contributed by atoms with Crippen molar-refractivity contribution in [2.45, 2.75) is 90.8 Å². The molecule has 0 aliphatic carbocycles. The highest BCUT2D eigenvalue weighted by Gasteiger charge is 2.42. The van der Waals surface area contributed by atoms with Crippen LogP contribution in [0.2, 0.25) is 18.1 Å². The summed E-state index contributed by atoms with van der Waals surface area (Å²) in [6, 6.07) is 16.0. The fraction of sp³-hybridized carbons (Fsp3) is 0.550. The summed E-state index contributed by atoms with van der Waals surface area (Å²) in [6.45, 7) is 18.9. The van der Waals surface area contributed by atoms with Crippen LogP contribution in [-0.2, 0) is 25.3 Å². The average molecular weight is 749 g/mol. The van der Waals surface area contributed by atoms with Gasteiger partial charge in [-0.2, -0.15) is 0 Å². The Labute approximate surface area is 313 Å². The summed E-state index contributed by atoms with van der Waals surface area (Å²) in [5, 5.41) is 11.2. The Morgan fingerprint density at radius 3 is 2.23 bits per heavy atom. The van der Waals surface area contributed by atoms with Gasteiger partial charge in [0.15, 0.2) is 8.32 Å². The number of phenolic OH excluding ortho intramolecular Hbond substituents is 1. The van der Waals surface area contributed by atoms with E-state index in [1.807, 2.05) is 56.0 Å². The van der Waals surface area contributed by atoms with Gasteiger partial charge >= 0.3 is 12.2 Å². The lowest BCUT2D eigenvalue weighted by atomic mass is 9.93. The molecule has 0 spiro atoms. The monoisotopic (exact) mass is 748 g/mol. The highest BCUT2D eigenvalue weighted by Crippen LogP contribution is 2.42. The Morgan fingerprint density at radius 2 is 1.60 bits per heavy atom. The largest absolute Gasteiger partial charge is 0.506 e. The Morgan fingerprint density at radius 1 is 0.943 bits per heavy atom. The molecule has 288 valence electrons. The smallest absolute Gasteiger partial charge is 0.410 e. The van der Waals surface area contributed by atoms with Crippen molar-refractivity contribution in [1.82, 2.24) is 19.7 Å². The van der Waals surface area contributed by atoms with Gasteiger partial charge < -0.3 is 38.7 Å². The van der Waals surface area contributed by atoms with Crippen LogP contribution in [0.5, 0.6) is 5.75 Å². The van der Waals surface area contributed by atoms with Crippen molar-refractivity contribution < 1.29 is 33.4 Å². The number of benzene rings is 2. The SMILES string of the molecule is CC(C)(C)OC(=O)N(CC1CCN(C(=O)C2CN(C(=O)OCc3ccccc3)C2)CC1)CC(O[Si](C)(C)C(C)(C)C)c1ccc(O)c2[nH]c(=O)ccc12. The molecule has 1 aromatic heterocycles. The van der Waals surface area contributed by atoms with Gasteiger partial charge in [-0.3, -0.25) is 9.59 Å². The number of fused-ring (bicyclic) bond motifs is 1. The van der Waals surface area contributed by atoms with E-state index in [1.165, 1.54) is 6.07 Å². The van der Waals surface area contributed by atoms with Gasteiger partial charge in [0, 0.05) is 44.2 Å². The maximum absolute atomic E-state index is 13.9. The highest BCUT2D eigenvalue weighted by atomic mass is 28.4. The summed E-state index contributed by atoms with van der Waals surface area (Å²) in [5.41, 5.74) is 0.927. The van der Waals surface area contributed by atoms with Crippen molar-refractivity contribution in [2.24, 2.45) is 11.8 Å². The number of ether oxygens (including phenoxy) is 2. The molecule has 2 fully saturated rings. The van der Waals surface area contributed by atoms with Crippen molar-refractivity contribution in [3.8, 4) is 5.75 Å². The highest BCUT2D eigenvalue weighted by molar-refractivity contribution is 6.74. The van der Waals surface area contributed by atoms with Crippen LogP contribution in [0.4, 0.5) is 9.59 Å². The van der Waals surface area contributed by atoms with Crippen LogP contribution in [0.25, 0.3) is 10.9 Å². The molecule has 13 heteroatoms. The van der Waals surface area contributed by atoms with Crippen LogP contribution in [0.3, 0.4) is 0 Å². The summed E-state index contributed by atoms with van der Waals surface area (Å²) >= 11 is 0. The summed E-state index contributed by atoms with van der Waals surface area (Å²) in [5.74, 6) is -0.147. The number of piperidine rings is 1. The predicted molar refractivity (Wildman–Crippen MR) is 206 cm³/mol. The molecule has 3 heterocycles. The molecule has 0 bridgehead atoms. The van der Waals surface area contributed by atoms with E-state index in [4.69, 9.17) is 13.9 Å². The second kappa shape index (κ2) is 15.9. The standard InChI is InChI=1S/C40H56N4O8Si/c1-39(2,3)51-38(49)43(25-33(52-53(7,8)40(4,5)6)30-14-16-32(45)35-31(30)15-17-34(46)41-35)22-27-18-20-42(21-19-27)36(47)29-23-44(24-29)37(48)50-26-28-12-10-9-11-13-28/h9-17,27,29,33,45H,18-26H2,1-8H3,(H,41,46). The molecule has 2 saturated heterocycles. The van der Waals surface area contributed by atoms with Crippen LogP contribution < -0.4 is 5.56 Å². The van der Waals surface area contributed by atoms with Crippen molar-refractivity contribution in [2.75, 3.05) is 39.3 Å². The number of likely N-dealkylation sites (tertiary alicyclic amines) is 2. The van der Waals surface area contributed by atoms with Gasteiger partial charge in [-0.05, 0) is 80.9 Å². The quantitative estimate of drug-likeness (QED) is 0.211. The van der Waals surface area contributed by atoms with E-state index in [-0.39, 0.29) is 47.2 Å². The minimum Gasteiger partial charge on any atom is -0.506 e. The van der Waals surface area contributed by atoms with Crippen molar-refractivity contribution in [3.63, 3.8) is 0 Å². The Kier molecular flexibility index (Phi) is 12.0. The lowest BCUT2D eigenvalue weighted by molar-refractivity contribution is -0.141. The molecule has 3 aromatic rings. The molecule has 1 atom stereocenters. The van der Waals surface area contributed by atoms with Crippen LogP contribution in [0, 0.1) is 11.8 Å². The van der Waals surface area contributed by atoms with Gasteiger partial charge in [0.25, 0.3) is 0 Å². The summed E-state index contributed by atoms with van der Waals surface area (Å²) in [7, 11) is -2.42. The molecule has 2 aromatic carbocycles. The Balaban J connectivity index is 1.27. The third kappa shape index (κ3) is 9.99. The summed E-state index contributed by atoms with van der Waals surface area (Å²) in [4.78, 5) is 60.0. The van der Waals surface area contributed by atoms with Gasteiger partial charge in [-0.15, -0.1) is 0 Å². The van der Waals surface area contributed by atoms with Crippen LogP contribution in [-0.4, -0.2) is 96.1 Å². The minimum atomic E-state index is -2.42.